The van der Waals surface area contributed by atoms with Crippen LogP contribution in [0.2, 0.25) is 6.04 Å². The van der Waals surface area contributed by atoms with Crippen LogP contribution in [0, 0.1) is 6.92 Å². The van der Waals surface area contributed by atoms with Gasteiger partial charge in [-0.3, -0.25) is 29.9 Å². The van der Waals surface area contributed by atoms with Gasteiger partial charge >= 0.3 is 8.80 Å². The Labute approximate surface area is 351 Å². The zero-order chi connectivity index (χ0) is 38.6. The Balaban J connectivity index is 0.000000272. The van der Waals surface area contributed by atoms with Crippen molar-refractivity contribution in [1.29, 1.82) is 0 Å². The molecule has 0 aromatic carbocycles. The first kappa shape index (κ1) is 45.9. The summed E-state index contributed by atoms with van der Waals surface area (Å²) in [7, 11) is 2.45. The second-order valence-electron chi connectivity index (χ2n) is 12.2. The van der Waals surface area contributed by atoms with Gasteiger partial charge in [0.25, 0.3) is 0 Å². The van der Waals surface area contributed by atoms with Crippen LogP contribution in [-0.2, 0) is 39.6 Å². The van der Waals surface area contributed by atoms with E-state index >= 15 is 0 Å². The van der Waals surface area contributed by atoms with Gasteiger partial charge in [0.15, 0.2) is 12.4 Å². The van der Waals surface area contributed by atoms with Gasteiger partial charge in [-0.25, -0.2) is 4.57 Å². The molecule has 0 aliphatic carbocycles. The Bertz CT molecular complexity index is 2010. The largest absolute Gasteiger partial charge is 0.500 e. The average Bonchev–Trinajstić information content (AvgIpc) is 3.27. The van der Waals surface area contributed by atoms with Crippen LogP contribution >= 0.6 is 0 Å². The molecule has 7 aromatic heterocycles. The molecule has 7 heterocycles. The number of aromatic nitrogens is 7. The maximum Gasteiger partial charge on any atom is 0.500 e. The molecule has 0 fully saturated rings. The van der Waals surface area contributed by atoms with Crippen LogP contribution in [0.4, 0.5) is 0 Å². The van der Waals surface area contributed by atoms with Crippen LogP contribution < -0.4 is 4.57 Å². The molecule has 0 aliphatic heterocycles. The summed E-state index contributed by atoms with van der Waals surface area (Å²) in [5.74, 6) is 0. The number of hydrogen-bond acceptors (Lipinski definition) is 9. The zero-order valence-electron chi connectivity index (χ0n) is 32.0. The molecule has 7 aromatic rings. The van der Waals surface area contributed by atoms with Crippen molar-refractivity contribution in [2.24, 2.45) is 0 Å². The Morgan fingerprint density at radius 1 is 0.509 bits per heavy atom. The topological polar surface area (TPSA) is 109 Å². The van der Waals surface area contributed by atoms with E-state index < -0.39 is 8.80 Å². The first-order valence-electron chi connectivity index (χ1n) is 17.9. The molecule has 294 valence electrons. The number of pyridine rings is 7. The molecule has 0 radical (unpaired) electrons. The summed E-state index contributed by atoms with van der Waals surface area (Å²) in [5.41, 5.74) is 8.82. The average molecular weight is 955 g/mol. The van der Waals surface area contributed by atoms with Gasteiger partial charge in [0.05, 0.1) is 34.2 Å². The van der Waals surface area contributed by atoms with E-state index in [9.17, 15) is 0 Å². The molecule has 0 spiro atoms. The predicted octanol–water partition coefficient (Wildman–Crippen LogP) is 9.10. The summed E-state index contributed by atoms with van der Waals surface area (Å²) in [6.07, 6.45) is 20.0. The van der Waals surface area contributed by atoms with Gasteiger partial charge in [-0.05, 0) is 96.4 Å². The van der Waals surface area contributed by atoms with Crippen molar-refractivity contribution in [3.63, 3.8) is 0 Å². The third-order valence-corrected chi connectivity index (χ3v) is 11.2. The van der Waals surface area contributed by atoms with E-state index in [1.165, 1.54) is 5.56 Å². The van der Waals surface area contributed by atoms with E-state index in [4.69, 9.17) is 13.3 Å². The second kappa shape index (κ2) is 24.9. The molecular weight excluding hydrogens is 905 g/mol. The molecule has 0 N–H and O–H groups in total. The first-order chi connectivity index (χ1) is 27.0. The molecule has 0 amide bonds. The SMILES string of the molecule is C.CO[Si](CCC[n+]1ccc(/C=C/c2ccnc(-c3cc(C)ccn3)c2)cc1)(OC)OC.[Os].c1ccc(-c2ccccn2)nc1.c1ccc(-c2ccccn2)nc1. The van der Waals surface area contributed by atoms with Crippen LogP contribution in [0.25, 0.3) is 46.3 Å². The van der Waals surface area contributed by atoms with Crippen molar-refractivity contribution in [2.75, 3.05) is 21.3 Å². The van der Waals surface area contributed by atoms with Crippen molar-refractivity contribution in [1.82, 2.24) is 29.9 Å². The van der Waals surface area contributed by atoms with E-state index in [0.717, 1.165) is 64.3 Å². The first-order valence-corrected chi connectivity index (χ1v) is 19.8. The fraction of sp³-hybridized carbons (Fsp3) is 0.178. The van der Waals surface area contributed by atoms with E-state index in [1.807, 2.05) is 103 Å². The molecule has 0 saturated heterocycles. The van der Waals surface area contributed by atoms with Gasteiger partial charge in [0.1, 0.15) is 6.54 Å². The van der Waals surface area contributed by atoms with Crippen LogP contribution in [0.15, 0.2) is 159 Å². The van der Waals surface area contributed by atoms with E-state index in [0.29, 0.717) is 0 Å². The summed E-state index contributed by atoms with van der Waals surface area (Å²) >= 11 is 0. The maximum atomic E-state index is 5.48. The summed E-state index contributed by atoms with van der Waals surface area (Å²) in [6.45, 7) is 2.94. The Hall–Kier alpha value is -5.48. The van der Waals surface area contributed by atoms with Crippen LogP contribution in [-0.4, -0.2) is 60.0 Å². The Morgan fingerprint density at radius 2 is 0.930 bits per heavy atom. The molecular formula is C45H50N7O3OsSi+. The third-order valence-electron chi connectivity index (χ3n) is 8.36. The molecule has 0 atom stereocenters. The fourth-order valence-corrected chi connectivity index (χ4v) is 7.08. The van der Waals surface area contributed by atoms with E-state index in [1.54, 1.807) is 46.1 Å². The minimum atomic E-state index is -2.50. The van der Waals surface area contributed by atoms with Crippen LogP contribution in [0.3, 0.4) is 0 Å². The van der Waals surface area contributed by atoms with Gasteiger partial charge < -0.3 is 13.3 Å². The summed E-state index contributed by atoms with van der Waals surface area (Å²) in [5, 5.41) is 0. The van der Waals surface area contributed by atoms with E-state index in [-0.39, 0.29) is 27.2 Å². The normalized spacial score (nSPS) is 10.5. The summed E-state index contributed by atoms with van der Waals surface area (Å²) in [4.78, 5) is 25.6. The third kappa shape index (κ3) is 14.8. The molecule has 10 nitrogen and oxygen atoms in total. The number of aryl methyl sites for hydroxylation is 2. The van der Waals surface area contributed by atoms with Gasteiger partial charge in [0, 0.05) is 103 Å². The van der Waals surface area contributed by atoms with Gasteiger partial charge in [-0.2, -0.15) is 0 Å². The Morgan fingerprint density at radius 3 is 1.35 bits per heavy atom. The van der Waals surface area contributed by atoms with Gasteiger partial charge in [-0.15, -0.1) is 0 Å². The maximum absolute atomic E-state index is 5.48. The standard InChI is InChI=1S/C24H30N3O3Si.2C10H8N2.CH4.Os/c1-20-8-12-25-23(18-20)24-19-22(9-13-26-24)7-6-21-10-15-27(16-11-21)14-5-17-31(28-2,29-3)30-4;2*1-3-7-11-9(5-1)10-6-2-4-8-12-10;;/h6-13,15-16,18-19H,5,14,17H2,1-4H3;2*1-8H;1H4;/q+1;;;;/b7-6+;;;;. The zero-order valence-corrected chi connectivity index (χ0v) is 35.5. The minimum Gasteiger partial charge on any atom is -0.377 e. The van der Waals surface area contributed by atoms with Gasteiger partial charge in [0.2, 0.25) is 0 Å². The monoisotopic (exact) mass is 956 g/mol. The van der Waals surface area contributed by atoms with Crippen LogP contribution in [0.1, 0.15) is 30.5 Å². The molecule has 0 bridgehead atoms. The van der Waals surface area contributed by atoms with Crippen molar-refractivity contribution in [3.05, 3.63) is 175 Å². The second-order valence-corrected chi connectivity index (χ2v) is 15.2. The van der Waals surface area contributed by atoms with Crippen molar-refractivity contribution in [2.45, 2.75) is 33.4 Å². The smallest absolute Gasteiger partial charge is 0.377 e. The molecule has 0 unspecified atom stereocenters. The van der Waals surface area contributed by atoms with Crippen molar-refractivity contribution >= 4 is 21.0 Å². The van der Waals surface area contributed by atoms with Crippen molar-refractivity contribution < 1.29 is 37.6 Å². The molecule has 12 heteroatoms. The molecule has 57 heavy (non-hydrogen) atoms. The summed E-state index contributed by atoms with van der Waals surface area (Å²) in [6, 6.07) is 36.3. The fourth-order valence-electron chi connectivity index (χ4n) is 5.38. The quantitative estimate of drug-likeness (QED) is 0.0876. The molecule has 0 saturated carbocycles. The number of rotatable bonds is 12. The minimum absolute atomic E-state index is 0. The summed E-state index contributed by atoms with van der Waals surface area (Å²) < 4.78 is 18.6. The molecule has 0 aliphatic rings. The number of hydrogen-bond donors (Lipinski definition) is 0. The van der Waals surface area contributed by atoms with E-state index in [2.05, 4.69) is 84.1 Å². The predicted molar refractivity (Wildman–Crippen MR) is 226 cm³/mol. The number of nitrogens with zero attached hydrogens (tertiary/aromatic N) is 7. The van der Waals surface area contributed by atoms with Crippen molar-refractivity contribution in [3.8, 4) is 34.2 Å². The molecule has 7 rings (SSSR count). The Kier molecular flexibility index (Phi) is 20.1. The van der Waals surface area contributed by atoms with Gasteiger partial charge in [-0.1, -0.05) is 43.8 Å². The van der Waals surface area contributed by atoms with Crippen LogP contribution in [0.5, 0.6) is 0 Å².